The van der Waals surface area contributed by atoms with Gasteiger partial charge in [-0.3, -0.25) is 0 Å². The van der Waals surface area contributed by atoms with E-state index in [1.54, 1.807) is 0 Å². The molecule has 110 valence electrons. The highest BCUT2D eigenvalue weighted by molar-refractivity contribution is 7.99. The summed E-state index contributed by atoms with van der Waals surface area (Å²) in [7, 11) is 0. The average molecular weight is 294 g/mol. The Hall–Kier alpha value is -1.20. The number of urea groups is 1. The monoisotopic (exact) mass is 294 g/mol. The van der Waals surface area contributed by atoms with E-state index >= 15 is 0 Å². The topological polar surface area (TPSA) is 50.4 Å². The molecule has 0 unspecified atom stereocenters. The highest BCUT2D eigenvalue weighted by atomic mass is 32.2. The van der Waals surface area contributed by atoms with Crippen molar-refractivity contribution in [1.29, 1.82) is 0 Å². The third-order valence-corrected chi connectivity index (χ3v) is 4.25. The Morgan fingerprint density at radius 2 is 2.00 bits per heavy atom. The van der Waals surface area contributed by atoms with Gasteiger partial charge in [0.15, 0.2) is 0 Å². The maximum absolute atomic E-state index is 11.7. The van der Waals surface area contributed by atoms with Gasteiger partial charge >= 0.3 is 6.03 Å². The molecule has 5 heteroatoms. The molecule has 1 fully saturated rings. The van der Waals surface area contributed by atoms with Crippen molar-refractivity contribution in [3.8, 4) is 0 Å². The van der Waals surface area contributed by atoms with Gasteiger partial charge in [0, 0.05) is 12.6 Å². The summed E-state index contributed by atoms with van der Waals surface area (Å²) in [5.41, 5.74) is 1.15. The second-order valence-corrected chi connectivity index (χ2v) is 6.05. The zero-order chi connectivity index (χ0) is 14.0. The Labute approximate surface area is 124 Å². The van der Waals surface area contributed by atoms with E-state index < -0.39 is 0 Å². The molecule has 2 rings (SSSR count). The van der Waals surface area contributed by atoms with Gasteiger partial charge in [0.25, 0.3) is 0 Å². The number of carbonyl (C=O) groups is 1. The standard InChI is InChI=1S/C15H22N2O2S/c18-15(17-14-6-10-20-11-7-14)16-8-9-19-12-13-4-2-1-3-5-13/h1-5,14H,6-12H2,(H2,16,17,18). The molecule has 0 aliphatic carbocycles. The first-order valence-corrected chi connectivity index (χ1v) is 8.24. The van der Waals surface area contributed by atoms with E-state index in [0.717, 1.165) is 29.9 Å². The molecule has 0 radical (unpaired) electrons. The second-order valence-electron chi connectivity index (χ2n) is 4.83. The fourth-order valence-electron chi connectivity index (χ4n) is 2.08. The lowest BCUT2D eigenvalue weighted by atomic mass is 10.2. The molecule has 0 saturated carbocycles. The van der Waals surface area contributed by atoms with Crippen LogP contribution in [-0.2, 0) is 11.3 Å². The minimum Gasteiger partial charge on any atom is -0.375 e. The number of hydrogen-bond donors (Lipinski definition) is 2. The highest BCUT2D eigenvalue weighted by Gasteiger charge is 2.15. The van der Waals surface area contributed by atoms with Crippen LogP contribution in [0.3, 0.4) is 0 Å². The largest absolute Gasteiger partial charge is 0.375 e. The fourth-order valence-corrected chi connectivity index (χ4v) is 3.19. The SMILES string of the molecule is O=C(NCCOCc1ccccc1)NC1CCSCC1. The molecule has 2 amide bonds. The minimum atomic E-state index is -0.0785. The van der Waals surface area contributed by atoms with Gasteiger partial charge in [-0.2, -0.15) is 11.8 Å². The van der Waals surface area contributed by atoms with Crippen LogP contribution in [0, 0.1) is 0 Å². The summed E-state index contributed by atoms with van der Waals surface area (Å²) in [5.74, 6) is 2.29. The van der Waals surface area contributed by atoms with Crippen LogP contribution < -0.4 is 10.6 Å². The van der Waals surface area contributed by atoms with E-state index in [1.807, 2.05) is 42.1 Å². The van der Waals surface area contributed by atoms with Crippen molar-refractivity contribution < 1.29 is 9.53 Å². The van der Waals surface area contributed by atoms with Crippen LogP contribution in [-0.4, -0.2) is 36.7 Å². The number of ether oxygens (including phenoxy) is 1. The normalized spacial score (nSPS) is 15.8. The van der Waals surface area contributed by atoms with E-state index in [0.29, 0.717) is 25.8 Å². The molecule has 1 saturated heterocycles. The molecule has 20 heavy (non-hydrogen) atoms. The van der Waals surface area contributed by atoms with Gasteiger partial charge in [-0.05, 0) is 29.9 Å². The number of hydrogen-bond acceptors (Lipinski definition) is 3. The molecule has 1 aromatic rings. The molecule has 1 aromatic carbocycles. The predicted octanol–water partition coefficient (Wildman–Crippen LogP) is 2.40. The van der Waals surface area contributed by atoms with E-state index in [1.165, 1.54) is 0 Å². The van der Waals surface area contributed by atoms with E-state index in [9.17, 15) is 4.79 Å². The van der Waals surface area contributed by atoms with Crippen LogP contribution in [0.1, 0.15) is 18.4 Å². The summed E-state index contributed by atoms with van der Waals surface area (Å²) in [4.78, 5) is 11.7. The van der Waals surface area contributed by atoms with Gasteiger partial charge < -0.3 is 15.4 Å². The summed E-state index contributed by atoms with van der Waals surface area (Å²) in [5, 5.41) is 5.84. The number of amides is 2. The first-order chi connectivity index (χ1) is 9.84. The van der Waals surface area contributed by atoms with Crippen LogP contribution in [0.4, 0.5) is 4.79 Å². The number of benzene rings is 1. The molecular weight excluding hydrogens is 272 g/mol. The van der Waals surface area contributed by atoms with Gasteiger partial charge in [-0.25, -0.2) is 4.79 Å². The number of carbonyl (C=O) groups excluding carboxylic acids is 1. The zero-order valence-electron chi connectivity index (χ0n) is 11.6. The van der Waals surface area contributed by atoms with Crippen LogP contribution in [0.2, 0.25) is 0 Å². The number of nitrogens with one attached hydrogen (secondary N) is 2. The van der Waals surface area contributed by atoms with Gasteiger partial charge in [0.2, 0.25) is 0 Å². The van der Waals surface area contributed by atoms with Crippen LogP contribution in [0.5, 0.6) is 0 Å². The lowest BCUT2D eigenvalue weighted by Gasteiger charge is -2.22. The first-order valence-electron chi connectivity index (χ1n) is 7.08. The molecule has 1 aliphatic rings. The molecule has 4 nitrogen and oxygen atoms in total. The molecule has 0 spiro atoms. The molecule has 0 aromatic heterocycles. The van der Waals surface area contributed by atoms with Gasteiger partial charge in [-0.15, -0.1) is 0 Å². The van der Waals surface area contributed by atoms with Crippen molar-refractivity contribution in [3.05, 3.63) is 35.9 Å². The average Bonchev–Trinajstić information content (AvgIpc) is 2.49. The van der Waals surface area contributed by atoms with Crippen molar-refractivity contribution in [1.82, 2.24) is 10.6 Å². The van der Waals surface area contributed by atoms with Gasteiger partial charge in [0.1, 0.15) is 0 Å². The van der Waals surface area contributed by atoms with Crippen LogP contribution >= 0.6 is 11.8 Å². The van der Waals surface area contributed by atoms with E-state index in [4.69, 9.17) is 4.74 Å². The molecule has 1 heterocycles. The Balaban J connectivity index is 1.51. The van der Waals surface area contributed by atoms with Crippen molar-refractivity contribution in [3.63, 3.8) is 0 Å². The lowest BCUT2D eigenvalue weighted by molar-refractivity contribution is 0.123. The van der Waals surface area contributed by atoms with Crippen molar-refractivity contribution in [2.24, 2.45) is 0 Å². The lowest BCUT2D eigenvalue weighted by Crippen LogP contribution is -2.44. The fraction of sp³-hybridized carbons (Fsp3) is 0.533. The van der Waals surface area contributed by atoms with Gasteiger partial charge in [-0.1, -0.05) is 30.3 Å². The molecule has 0 atom stereocenters. The third-order valence-electron chi connectivity index (χ3n) is 3.20. The maximum Gasteiger partial charge on any atom is 0.315 e. The molecule has 2 N–H and O–H groups in total. The predicted molar refractivity (Wildman–Crippen MR) is 83.0 cm³/mol. The Morgan fingerprint density at radius 3 is 2.75 bits per heavy atom. The summed E-state index contributed by atoms with van der Waals surface area (Å²) in [6.45, 7) is 1.66. The highest BCUT2D eigenvalue weighted by Crippen LogP contribution is 2.16. The number of thioether (sulfide) groups is 1. The Kier molecular flexibility index (Phi) is 6.74. The quantitative estimate of drug-likeness (QED) is 0.792. The Morgan fingerprint density at radius 1 is 1.25 bits per heavy atom. The summed E-state index contributed by atoms with van der Waals surface area (Å²) >= 11 is 1.96. The minimum absolute atomic E-state index is 0.0785. The van der Waals surface area contributed by atoms with Crippen molar-refractivity contribution in [2.75, 3.05) is 24.7 Å². The summed E-state index contributed by atoms with van der Waals surface area (Å²) in [6, 6.07) is 10.3. The van der Waals surface area contributed by atoms with E-state index in [2.05, 4.69) is 10.6 Å². The number of rotatable bonds is 6. The van der Waals surface area contributed by atoms with Crippen molar-refractivity contribution in [2.45, 2.75) is 25.5 Å². The van der Waals surface area contributed by atoms with Crippen LogP contribution in [0.15, 0.2) is 30.3 Å². The third kappa shape index (κ3) is 5.84. The molecule has 0 bridgehead atoms. The summed E-state index contributed by atoms with van der Waals surface area (Å²) < 4.78 is 5.51. The first kappa shape index (κ1) is 15.2. The zero-order valence-corrected chi connectivity index (χ0v) is 12.5. The second kappa shape index (κ2) is 8.87. The Bertz CT molecular complexity index is 394. The smallest absolute Gasteiger partial charge is 0.315 e. The maximum atomic E-state index is 11.7. The van der Waals surface area contributed by atoms with Crippen LogP contribution in [0.25, 0.3) is 0 Å². The summed E-state index contributed by atoms with van der Waals surface area (Å²) in [6.07, 6.45) is 2.14. The molecular formula is C15H22N2O2S. The van der Waals surface area contributed by atoms with E-state index in [-0.39, 0.29) is 6.03 Å². The molecule has 1 aliphatic heterocycles. The van der Waals surface area contributed by atoms with Crippen molar-refractivity contribution >= 4 is 17.8 Å². The van der Waals surface area contributed by atoms with Gasteiger partial charge in [0.05, 0.1) is 13.2 Å².